The molecular weight excluding hydrogens is 270 g/mol. The lowest BCUT2D eigenvalue weighted by Crippen LogP contribution is -2.05. The molecule has 1 aliphatic carbocycles. The molecule has 0 atom stereocenters. The van der Waals surface area contributed by atoms with E-state index >= 15 is 0 Å². The van der Waals surface area contributed by atoms with Crippen LogP contribution in [-0.2, 0) is 6.42 Å². The van der Waals surface area contributed by atoms with Gasteiger partial charge in [0.05, 0.1) is 11.4 Å². The summed E-state index contributed by atoms with van der Waals surface area (Å²) in [6.45, 7) is 0. The highest BCUT2D eigenvalue weighted by molar-refractivity contribution is 5.75. The van der Waals surface area contributed by atoms with Gasteiger partial charge in [-0.1, -0.05) is 48.6 Å². The first-order valence-electron chi connectivity index (χ1n) is 7.46. The van der Waals surface area contributed by atoms with Crippen LogP contribution in [0.3, 0.4) is 0 Å². The molecule has 22 heavy (non-hydrogen) atoms. The number of nitrogens with zero attached hydrogens (tertiary/aromatic N) is 3. The van der Waals surface area contributed by atoms with E-state index in [1.165, 1.54) is 0 Å². The zero-order valence-corrected chi connectivity index (χ0v) is 12.1. The van der Waals surface area contributed by atoms with Crippen molar-refractivity contribution in [3.8, 4) is 22.8 Å². The fourth-order valence-electron chi connectivity index (χ4n) is 2.73. The lowest BCUT2D eigenvalue weighted by atomic mass is 9.97. The first-order chi connectivity index (χ1) is 10.9. The Morgan fingerprint density at radius 2 is 1.73 bits per heavy atom. The van der Waals surface area contributed by atoms with Crippen LogP contribution in [0.2, 0.25) is 0 Å². The van der Waals surface area contributed by atoms with Crippen LogP contribution in [0.1, 0.15) is 17.7 Å². The molecule has 0 radical (unpaired) electrons. The van der Waals surface area contributed by atoms with E-state index in [1.54, 1.807) is 6.20 Å². The first kappa shape index (κ1) is 12.9. The van der Waals surface area contributed by atoms with Crippen molar-refractivity contribution in [2.75, 3.05) is 0 Å². The summed E-state index contributed by atoms with van der Waals surface area (Å²) in [5.41, 5.74) is 5.17. The fraction of sp³-hybridized carbons (Fsp3) is 0.105. The van der Waals surface area contributed by atoms with Crippen molar-refractivity contribution in [1.29, 1.82) is 0 Å². The summed E-state index contributed by atoms with van der Waals surface area (Å²) in [7, 11) is 0. The van der Waals surface area contributed by atoms with Crippen molar-refractivity contribution in [3.05, 3.63) is 72.1 Å². The number of pyridine rings is 1. The Balaban J connectivity index is 1.95. The van der Waals surface area contributed by atoms with Gasteiger partial charge in [-0.3, -0.25) is 4.98 Å². The molecule has 0 spiro atoms. The average Bonchev–Trinajstić information content (AvgIpc) is 2.62. The van der Waals surface area contributed by atoms with Crippen LogP contribution in [0.15, 0.2) is 60.8 Å². The SMILES string of the molecule is C1=Cc2c(nc(-c3ccccn3)nc2-c2ccccc2)CC1. The molecule has 3 heteroatoms. The standard InChI is InChI=1S/C19H15N3/c1-2-8-14(9-3-1)18-15-10-4-5-11-16(15)21-19(22-18)17-12-6-7-13-20-17/h1-4,6-10,12-13H,5,11H2. The van der Waals surface area contributed by atoms with Gasteiger partial charge in [-0.2, -0.15) is 0 Å². The summed E-state index contributed by atoms with van der Waals surface area (Å²) in [6.07, 6.45) is 8.09. The molecule has 4 rings (SSSR count). The number of aryl methyl sites for hydroxylation is 1. The second-order valence-corrected chi connectivity index (χ2v) is 5.28. The molecule has 0 fully saturated rings. The predicted octanol–water partition coefficient (Wildman–Crippen LogP) is 4.17. The Morgan fingerprint density at radius 3 is 2.55 bits per heavy atom. The van der Waals surface area contributed by atoms with Gasteiger partial charge in [0.25, 0.3) is 0 Å². The van der Waals surface area contributed by atoms with Gasteiger partial charge >= 0.3 is 0 Å². The molecule has 3 aromatic rings. The highest BCUT2D eigenvalue weighted by Gasteiger charge is 2.17. The molecule has 0 saturated heterocycles. The van der Waals surface area contributed by atoms with E-state index in [2.05, 4.69) is 29.3 Å². The highest BCUT2D eigenvalue weighted by atomic mass is 14.9. The molecule has 0 bridgehead atoms. The third-order valence-electron chi connectivity index (χ3n) is 3.80. The van der Waals surface area contributed by atoms with Gasteiger partial charge in [0, 0.05) is 17.3 Å². The Labute approximate surface area is 129 Å². The maximum absolute atomic E-state index is 4.80. The van der Waals surface area contributed by atoms with Gasteiger partial charge in [-0.05, 0) is 25.0 Å². The summed E-state index contributed by atoms with van der Waals surface area (Å²) in [6, 6.07) is 16.1. The summed E-state index contributed by atoms with van der Waals surface area (Å²) < 4.78 is 0. The van der Waals surface area contributed by atoms with Crippen LogP contribution < -0.4 is 0 Å². The molecule has 1 aromatic carbocycles. The van der Waals surface area contributed by atoms with Crippen LogP contribution in [-0.4, -0.2) is 15.0 Å². The quantitative estimate of drug-likeness (QED) is 0.709. The highest BCUT2D eigenvalue weighted by Crippen LogP contribution is 2.30. The third-order valence-corrected chi connectivity index (χ3v) is 3.80. The molecular formula is C19H15N3. The van der Waals surface area contributed by atoms with Crippen molar-refractivity contribution in [1.82, 2.24) is 15.0 Å². The molecule has 0 amide bonds. The number of hydrogen-bond donors (Lipinski definition) is 0. The summed E-state index contributed by atoms with van der Waals surface area (Å²) in [4.78, 5) is 13.9. The second-order valence-electron chi connectivity index (χ2n) is 5.28. The minimum atomic E-state index is 0.702. The Kier molecular flexibility index (Phi) is 3.24. The van der Waals surface area contributed by atoms with Gasteiger partial charge < -0.3 is 0 Å². The summed E-state index contributed by atoms with van der Waals surface area (Å²) >= 11 is 0. The van der Waals surface area contributed by atoms with Crippen LogP contribution in [0.5, 0.6) is 0 Å². The van der Waals surface area contributed by atoms with E-state index in [4.69, 9.17) is 9.97 Å². The smallest absolute Gasteiger partial charge is 0.178 e. The normalized spacial score (nSPS) is 12.9. The van der Waals surface area contributed by atoms with Gasteiger partial charge in [0.2, 0.25) is 0 Å². The number of hydrogen-bond acceptors (Lipinski definition) is 3. The molecule has 2 aromatic heterocycles. The van der Waals surface area contributed by atoms with E-state index in [-0.39, 0.29) is 0 Å². The van der Waals surface area contributed by atoms with Gasteiger partial charge in [0.1, 0.15) is 5.69 Å². The Bertz CT molecular complexity index is 824. The van der Waals surface area contributed by atoms with Crippen LogP contribution in [0, 0.1) is 0 Å². The molecule has 2 heterocycles. The summed E-state index contributed by atoms with van der Waals surface area (Å²) in [5, 5.41) is 0. The molecule has 0 saturated carbocycles. The van der Waals surface area contributed by atoms with Crippen LogP contribution in [0.25, 0.3) is 28.9 Å². The zero-order valence-electron chi connectivity index (χ0n) is 12.1. The topological polar surface area (TPSA) is 38.7 Å². The minimum absolute atomic E-state index is 0.702. The van der Waals surface area contributed by atoms with E-state index in [0.717, 1.165) is 41.1 Å². The van der Waals surface area contributed by atoms with Gasteiger partial charge in [-0.15, -0.1) is 0 Å². The van der Waals surface area contributed by atoms with Crippen molar-refractivity contribution in [2.24, 2.45) is 0 Å². The maximum Gasteiger partial charge on any atom is 0.178 e. The van der Waals surface area contributed by atoms with Crippen LogP contribution in [0.4, 0.5) is 0 Å². The average molecular weight is 285 g/mol. The first-order valence-corrected chi connectivity index (χ1v) is 7.46. The largest absolute Gasteiger partial charge is 0.253 e. The predicted molar refractivity (Wildman–Crippen MR) is 88.1 cm³/mol. The second kappa shape index (κ2) is 5.53. The number of benzene rings is 1. The maximum atomic E-state index is 4.80. The molecule has 0 N–H and O–H groups in total. The van der Waals surface area contributed by atoms with E-state index < -0.39 is 0 Å². The molecule has 0 aliphatic heterocycles. The Hall–Kier alpha value is -2.81. The van der Waals surface area contributed by atoms with E-state index in [9.17, 15) is 0 Å². The van der Waals surface area contributed by atoms with Crippen molar-refractivity contribution in [2.45, 2.75) is 12.8 Å². The van der Waals surface area contributed by atoms with E-state index in [0.29, 0.717) is 5.82 Å². The summed E-state index contributed by atoms with van der Waals surface area (Å²) in [5.74, 6) is 0.702. The molecule has 1 aliphatic rings. The zero-order chi connectivity index (χ0) is 14.8. The lowest BCUT2D eigenvalue weighted by Gasteiger charge is -2.15. The van der Waals surface area contributed by atoms with Crippen LogP contribution >= 0.6 is 0 Å². The Morgan fingerprint density at radius 1 is 0.864 bits per heavy atom. The van der Waals surface area contributed by atoms with Gasteiger partial charge in [-0.25, -0.2) is 9.97 Å². The number of aromatic nitrogens is 3. The molecule has 3 nitrogen and oxygen atoms in total. The lowest BCUT2D eigenvalue weighted by molar-refractivity contribution is 0.912. The van der Waals surface area contributed by atoms with Crippen molar-refractivity contribution >= 4 is 6.08 Å². The van der Waals surface area contributed by atoms with Crippen molar-refractivity contribution < 1.29 is 0 Å². The van der Waals surface area contributed by atoms with E-state index in [1.807, 2.05) is 36.4 Å². The number of fused-ring (bicyclic) bond motifs is 1. The third kappa shape index (κ3) is 2.31. The van der Waals surface area contributed by atoms with Crippen molar-refractivity contribution in [3.63, 3.8) is 0 Å². The molecule has 106 valence electrons. The molecule has 0 unspecified atom stereocenters. The minimum Gasteiger partial charge on any atom is -0.253 e. The van der Waals surface area contributed by atoms with Gasteiger partial charge in [0.15, 0.2) is 5.82 Å². The monoisotopic (exact) mass is 285 g/mol. The number of allylic oxidation sites excluding steroid dienone is 1. The number of rotatable bonds is 2. The fourth-order valence-corrected chi connectivity index (χ4v) is 2.73.